The van der Waals surface area contributed by atoms with Crippen LogP contribution >= 0.6 is 0 Å². The van der Waals surface area contributed by atoms with Gasteiger partial charge in [-0.25, -0.2) is 0 Å². The van der Waals surface area contributed by atoms with Gasteiger partial charge in [0, 0.05) is 0 Å². The Kier molecular flexibility index (Phi) is 3.05. The molecule has 1 radical (unpaired) electrons. The lowest BCUT2D eigenvalue weighted by Crippen LogP contribution is -2.06. The zero-order chi connectivity index (χ0) is 11.4. The molecule has 0 aromatic carbocycles. The number of rotatable bonds is 1. The first-order valence-electron chi connectivity index (χ1n) is 4.99. The topological polar surface area (TPSA) is 41.8 Å². The lowest BCUT2D eigenvalue weighted by molar-refractivity contribution is 0.295. The van der Waals surface area contributed by atoms with Gasteiger partial charge in [0.2, 0.25) is 0 Å². The van der Waals surface area contributed by atoms with Gasteiger partial charge >= 0.3 is 0 Å². The van der Waals surface area contributed by atoms with E-state index < -0.39 is 0 Å². The molecule has 0 amide bonds. The van der Waals surface area contributed by atoms with E-state index >= 15 is 0 Å². The van der Waals surface area contributed by atoms with E-state index in [0.717, 1.165) is 17.6 Å². The quantitative estimate of drug-likeness (QED) is 0.538. The highest BCUT2D eigenvalue weighted by molar-refractivity contribution is 6.08. The molecule has 81 valence electrons. The summed E-state index contributed by atoms with van der Waals surface area (Å²) >= 11 is 0. The van der Waals surface area contributed by atoms with E-state index in [2.05, 4.69) is 17.3 Å². The third-order valence-electron chi connectivity index (χ3n) is 2.45. The number of hydrogen-bond donors (Lipinski definition) is 1. The highest BCUT2D eigenvalue weighted by Crippen LogP contribution is 2.22. The Hall–Kier alpha value is -2.03. The van der Waals surface area contributed by atoms with Crippen LogP contribution < -0.4 is 0 Å². The van der Waals surface area contributed by atoms with Crippen LogP contribution in [-0.4, -0.2) is 18.0 Å². The number of oxime groups is 1. The van der Waals surface area contributed by atoms with Crippen LogP contribution in [0.3, 0.4) is 0 Å². The van der Waals surface area contributed by atoms with Crippen molar-refractivity contribution in [1.82, 2.24) is 0 Å². The smallest absolute Gasteiger partial charge is 0.148 e. The molecule has 2 rings (SSSR count). The van der Waals surface area contributed by atoms with Gasteiger partial charge < -0.3 is 9.94 Å². The molecule has 16 heavy (non-hydrogen) atoms. The fourth-order valence-electron chi connectivity index (χ4n) is 1.61. The molecular formula is C13H12NO2. The fraction of sp³-hybridized carbons (Fsp3) is 0.154. The Morgan fingerprint density at radius 2 is 2.31 bits per heavy atom. The summed E-state index contributed by atoms with van der Waals surface area (Å²) in [5.74, 6) is 0.559. The molecule has 0 unspecified atom stereocenters. The van der Waals surface area contributed by atoms with Crippen LogP contribution in [0.15, 0.2) is 58.5 Å². The molecule has 0 atom stereocenters. The molecular weight excluding hydrogens is 202 g/mol. The van der Waals surface area contributed by atoms with E-state index in [1.54, 1.807) is 13.2 Å². The van der Waals surface area contributed by atoms with E-state index in [4.69, 9.17) is 9.94 Å². The van der Waals surface area contributed by atoms with Crippen molar-refractivity contribution in [1.29, 1.82) is 0 Å². The number of hydrogen-bond acceptors (Lipinski definition) is 3. The van der Waals surface area contributed by atoms with E-state index in [1.165, 1.54) is 0 Å². The molecule has 0 fully saturated rings. The summed E-state index contributed by atoms with van der Waals surface area (Å²) in [6.45, 7) is 0. The lowest BCUT2D eigenvalue weighted by Gasteiger charge is -2.13. The molecule has 3 heteroatoms. The largest absolute Gasteiger partial charge is 0.494 e. The maximum Gasteiger partial charge on any atom is 0.148 e. The van der Waals surface area contributed by atoms with E-state index in [-0.39, 0.29) is 0 Å². The van der Waals surface area contributed by atoms with Crippen molar-refractivity contribution in [2.75, 3.05) is 7.11 Å². The Morgan fingerprint density at radius 3 is 2.94 bits per heavy atom. The van der Waals surface area contributed by atoms with E-state index in [9.17, 15) is 0 Å². The van der Waals surface area contributed by atoms with E-state index in [1.807, 2.05) is 24.3 Å². The molecule has 0 aliphatic heterocycles. The van der Waals surface area contributed by atoms with Crippen LogP contribution in [0.1, 0.15) is 6.42 Å². The lowest BCUT2D eigenvalue weighted by atomic mass is 9.97. The third-order valence-corrected chi connectivity index (χ3v) is 2.45. The number of nitrogens with zero attached hydrogens (tertiary/aromatic N) is 1. The van der Waals surface area contributed by atoms with Crippen LogP contribution in [0.2, 0.25) is 0 Å². The summed E-state index contributed by atoms with van der Waals surface area (Å²) in [6, 6.07) is 0. The first-order chi connectivity index (χ1) is 7.85. The van der Waals surface area contributed by atoms with E-state index in [0.29, 0.717) is 11.5 Å². The van der Waals surface area contributed by atoms with Crippen LogP contribution in [-0.2, 0) is 4.74 Å². The second-order valence-electron chi connectivity index (χ2n) is 3.41. The monoisotopic (exact) mass is 214 g/mol. The Morgan fingerprint density at radius 1 is 1.44 bits per heavy atom. The van der Waals surface area contributed by atoms with Crippen LogP contribution in [0.4, 0.5) is 0 Å². The Labute approximate surface area is 94.4 Å². The molecule has 2 aliphatic rings. The van der Waals surface area contributed by atoms with Gasteiger partial charge in [0.1, 0.15) is 11.5 Å². The molecule has 0 aromatic heterocycles. The molecule has 0 heterocycles. The molecule has 2 aliphatic carbocycles. The summed E-state index contributed by atoms with van der Waals surface area (Å²) < 4.78 is 5.14. The van der Waals surface area contributed by atoms with Crippen molar-refractivity contribution < 1.29 is 9.94 Å². The SMILES string of the molecule is COC1=CC(=C2[C]=CC=CC2)C=CC1=NO. The predicted molar refractivity (Wildman–Crippen MR) is 62.0 cm³/mol. The van der Waals surface area contributed by atoms with Crippen molar-refractivity contribution in [3.8, 4) is 0 Å². The zero-order valence-electron chi connectivity index (χ0n) is 8.97. The zero-order valence-corrected chi connectivity index (χ0v) is 8.97. The fourth-order valence-corrected chi connectivity index (χ4v) is 1.61. The van der Waals surface area contributed by atoms with Crippen molar-refractivity contribution in [2.45, 2.75) is 6.42 Å². The summed E-state index contributed by atoms with van der Waals surface area (Å²) in [5, 5.41) is 11.9. The number of methoxy groups -OCH3 is 1. The highest BCUT2D eigenvalue weighted by Gasteiger charge is 2.12. The van der Waals surface area contributed by atoms with Crippen LogP contribution in [0.25, 0.3) is 0 Å². The first-order valence-corrected chi connectivity index (χ1v) is 4.99. The summed E-state index contributed by atoms with van der Waals surface area (Å²) in [7, 11) is 1.55. The molecule has 3 nitrogen and oxygen atoms in total. The average Bonchev–Trinajstić information content (AvgIpc) is 2.39. The summed E-state index contributed by atoms with van der Waals surface area (Å²) in [5.41, 5.74) is 2.57. The minimum atomic E-state index is 0.433. The van der Waals surface area contributed by atoms with Gasteiger partial charge in [0.25, 0.3) is 0 Å². The second-order valence-corrected chi connectivity index (χ2v) is 3.41. The van der Waals surface area contributed by atoms with Gasteiger partial charge in [-0.1, -0.05) is 29.5 Å². The van der Waals surface area contributed by atoms with Crippen LogP contribution in [0.5, 0.6) is 0 Å². The van der Waals surface area contributed by atoms with Gasteiger partial charge in [0.15, 0.2) is 0 Å². The summed E-state index contributed by atoms with van der Waals surface area (Å²) in [6.07, 6.45) is 15.4. The molecule has 0 bridgehead atoms. The first kappa shape index (κ1) is 10.5. The molecule has 0 saturated carbocycles. The van der Waals surface area contributed by atoms with Gasteiger partial charge in [-0.15, -0.1) is 0 Å². The minimum Gasteiger partial charge on any atom is -0.494 e. The van der Waals surface area contributed by atoms with Gasteiger partial charge in [0.05, 0.1) is 7.11 Å². The number of allylic oxidation sites excluding steroid dienone is 9. The second kappa shape index (κ2) is 4.66. The predicted octanol–water partition coefficient (Wildman–Crippen LogP) is 2.53. The van der Waals surface area contributed by atoms with Gasteiger partial charge in [-0.3, -0.25) is 0 Å². The minimum absolute atomic E-state index is 0.433. The number of ether oxygens (including phenoxy) is 1. The van der Waals surface area contributed by atoms with Gasteiger partial charge in [-0.05, 0) is 35.8 Å². The molecule has 0 spiro atoms. The standard InChI is InChI=1S/C13H12NO2/c1-16-13-9-11(7-8-12(13)14-15)10-5-3-2-4-6-10/h2-4,7-9,15H,5H2,1H3. The third kappa shape index (κ3) is 1.98. The van der Waals surface area contributed by atoms with Crippen molar-refractivity contribution in [3.63, 3.8) is 0 Å². The average molecular weight is 214 g/mol. The van der Waals surface area contributed by atoms with Crippen molar-refractivity contribution in [3.05, 3.63) is 59.4 Å². The Balaban J connectivity index is 2.37. The maximum atomic E-state index is 8.76. The Bertz CT molecular complexity index is 462. The van der Waals surface area contributed by atoms with Crippen LogP contribution in [0, 0.1) is 6.08 Å². The molecule has 0 aromatic rings. The maximum absolute atomic E-state index is 8.76. The van der Waals surface area contributed by atoms with Gasteiger partial charge in [-0.2, -0.15) is 0 Å². The highest BCUT2D eigenvalue weighted by atomic mass is 16.5. The molecule has 1 N–H and O–H groups in total. The normalized spacial score (nSPS) is 26.1. The van der Waals surface area contributed by atoms with Crippen molar-refractivity contribution in [2.24, 2.45) is 5.16 Å². The summed E-state index contributed by atoms with van der Waals surface area (Å²) in [4.78, 5) is 0. The molecule has 0 saturated heterocycles. The van der Waals surface area contributed by atoms with Crippen molar-refractivity contribution >= 4 is 5.71 Å².